The predicted octanol–water partition coefficient (Wildman–Crippen LogP) is 4.49. The second-order valence-electron chi connectivity index (χ2n) is 8.29. The highest BCUT2D eigenvalue weighted by molar-refractivity contribution is 6.06. The van der Waals surface area contributed by atoms with Gasteiger partial charge in [-0.25, -0.2) is 0 Å². The van der Waals surface area contributed by atoms with Crippen LogP contribution in [0.25, 0.3) is 6.08 Å². The van der Waals surface area contributed by atoms with Crippen molar-refractivity contribution in [3.8, 4) is 11.5 Å². The largest absolute Gasteiger partial charge is 0.496 e. The Balaban J connectivity index is 1.41. The third-order valence-corrected chi connectivity index (χ3v) is 5.53. The van der Waals surface area contributed by atoms with Gasteiger partial charge >= 0.3 is 0 Å². The molecule has 2 aromatic heterocycles. The molecule has 0 radical (unpaired) electrons. The lowest BCUT2D eigenvalue weighted by Gasteiger charge is -2.11. The number of furan rings is 1. The Labute approximate surface area is 214 Å². The summed E-state index contributed by atoms with van der Waals surface area (Å²) < 4.78 is 18.0. The number of methoxy groups -OCH3 is 1. The molecule has 0 fully saturated rings. The first-order valence-corrected chi connectivity index (χ1v) is 11.6. The summed E-state index contributed by atoms with van der Waals surface area (Å²) >= 11 is 0. The molecule has 2 N–H and O–H groups in total. The van der Waals surface area contributed by atoms with E-state index in [1.165, 1.54) is 23.2 Å². The summed E-state index contributed by atoms with van der Waals surface area (Å²) in [5, 5.41) is 9.58. The first-order valence-electron chi connectivity index (χ1n) is 11.6. The number of anilines is 1. The number of carbonyl (C=O) groups is 2. The second-order valence-corrected chi connectivity index (χ2v) is 8.29. The minimum absolute atomic E-state index is 0.220. The number of nitrogens with one attached hydrogen (secondary N) is 2. The van der Waals surface area contributed by atoms with Crippen molar-refractivity contribution in [2.45, 2.75) is 20.1 Å². The van der Waals surface area contributed by atoms with Gasteiger partial charge in [0, 0.05) is 18.7 Å². The highest BCUT2D eigenvalue weighted by atomic mass is 16.5. The molecule has 0 spiro atoms. The molecule has 4 rings (SSSR count). The van der Waals surface area contributed by atoms with E-state index >= 15 is 0 Å². The number of rotatable bonds is 10. The summed E-state index contributed by atoms with van der Waals surface area (Å²) in [4.78, 5) is 25.3. The maximum absolute atomic E-state index is 12.7. The van der Waals surface area contributed by atoms with Gasteiger partial charge in [-0.2, -0.15) is 5.10 Å². The fourth-order valence-corrected chi connectivity index (χ4v) is 3.69. The van der Waals surface area contributed by atoms with Gasteiger partial charge in [-0.1, -0.05) is 18.2 Å². The van der Waals surface area contributed by atoms with E-state index in [1.807, 2.05) is 49.4 Å². The van der Waals surface area contributed by atoms with Crippen LogP contribution >= 0.6 is 0 Å². The van der Waals surface area contributed by atoms with E-state index in [-0.39, 0.29) is 18.1 Å². The van der Waals surface area contributed by atoms with Crippen LogP contribution in [-0.2, 0) is 25.0 Å². The van der Waals surface area contributed by atoms with Crippen molar-refractivity contribution in [2.75, 3.05) is 12.4 Å². The van der Waals surface area contributed by atoms with Gasteiger partial charge in [0.25, 0.3) is 5.91 Å². The third kappa shape index (κ3) is 6.66. The number of benzene rings is 2. The van der Waals surface area contributed by atoms with Gasteiger partial charge in [-0.3, -0.25) is 14.3 Å². The van der Waals surface area contributed by atoms with Gasteiger partial charge in [-0.15, -0.1) is 0 Å². The molecule has 2 aromatic carbocycles. The Morgan fingerprint density at radius 1 is 1.14 bits per heavy atom. The fourth-order valence-electron chi connectivity index (χ4n) is 3.69. The van der Waals surface area contributed by atoms with Crippen LogP contribution in [0.15, 0.2) is 77.6 Å². The van der Waals surface area contributed by atoms with E-state index in [0.717, 1.165) is 22.4 Å². The predicted molar refractivity (Wildman–Crippen MR) is 139 cm³/mol. The van der Waals surface area contributed by atoms with Crippen molar-refractivity contribution >= 4 is 23.6 Å². The highest BCUT2D eigenvalue weighted by Gasteiger charge is 2.18. The molecule has 0 bridgehead atoms. The van der Waals surface area contributed by atoms with E-state index < -0.39 is 5.91 Å². The van der Waals surface area contributed by atoms with Crippen LogP contribution in [0.4, 0.5) is 5.69 Å². The fraction of sp³-hybridized carbons (Fsp3) is 0.179. The van der Waals surface area contributed by atoms with Gasteiger partial charge in [0.15, 0.2) is 0 Å². The van der Waals surface area contributed by atoms with Gasteiger partial charge in [-0.05, 0) is 60.5 Å². The molecular formula is C28H28N4O5. The Morgan fingerprint density at radius 2 is 2.00 bits per heavy atom. The normalized spacial score (nSPS) is 10.9. The average Bonchev–Trinajstić information content (AvgIpc) is 3.54. The van der Waals surface area contributed by atoms with Crippen molar-refractivity contribution < 1.29 is 23.5 Å². The summed E-state index contributed by atoms with van der Waals surface area (Å²) in [5.74, 6) is 1.29. The number of hydrogen-bond donors (Lipinski definition) is 2. The van der Waals surface area contributed by atoms with Gasteiger partial charge < -0.3 is 24.5 Å². The van der Waals surface area contributed by atoms with E-state index in [1.54, 1.807) is 32.4 Å². The van der Waals surface area contributed by atoms with Crippen molar-refractivity contribution in [1.82, 2.24) is 15.1 Å². The number of carbonyl (C=O) groups excluding carboxylic acids is 2. The van der Waals surface area contributed by atoms with Crippen LogP contribution in [0, 0.1) is 6.92 Å². The number of aryl methyl sites for hydroxylation is 2. The minimum Gasteiger partial charge on any atom is -0.496 e. The molecule has 0 aliphatic rings. The van der Waals surface area contributed by atoms with Crippen LogP contribution in [0.5, 0.6) is 11.5 Å². The van der Waals surface area contributed by atoms with Crippen molar-refractivity contribution in [3.05, 3.63) is 101 Å². The topological polar surface area (TPSA) is 108 Å². The molecule has 0 aliphatic carbocycles. The Kier molecular flexibility index (Phi) is 8.05. The zero-order chi connectivity index (χ0) is 26.2. The zero-order valence-electron chi connectivity index (χ0n) is 20.9. The quantitative estimate of drug-likeness (QED) is 0.311. The molecule has 37 heavy (non-hydrogen) atoms. The Bertz CT molecular complexity index is 1410. The van der Waals surface area contributed by atoms with E-state index in [9.17, 15) is 9.59 Å². The van der Waals surface area contributed by atoms with Crippen LogP contribution in [0.3, 0.4) is 0 Å². The van der Waals surface area contributed by atoms with Crippen molar-refractivity contribution in [3.63, 3.8) is 0 Å². The maximum atomic E-state index is 12.7. The molecule has 0 unspecified atom stereocenters. The molecule has 0 saturated heterocycles. The maximum Gasteiger partial charge on any atom is 0.272 e. The van der Waals surface area contributed by atoms with Crippen molar-refractivity contribution in [1.29, 1.82) is 0 Å². The van der Waals surface area contributed by atoms with E-state index in [0.29, 0.717) is 23.8 Å². The molecule has 9 heteroatoms. The average molecular weight is 501 g/mol. The number of hydrogen-bond acceptors (Lipinski definition) is 6. The molecule has 4 aromatic rings. The standard InChI is InChI=1S/C28H28N4O5/c1-19-6-4-7-22(14-19)37-18-21-15-20(9-11-25(21)35-3)10-12-26(33)31-24-17-30-32(2)27(24)28(34)29-16-23-8-5-13-36-23/h4-15,17H,16,18H2,1-3H3,(H,29,34)(H,31,33)/b12-10+. The number of amides is 2. The SMILES string of the molecule is COc1ccc(/C=C/C(=O)Nc2cnn(C)c2C(=O)NCc2ccco2)cc1COc1cccc(C)c1. The van der Waals surface area contributed by atoms with Gasteiger partial charge in [0.2, 0.25) is 5.91 Å². The summed E-state index contributed by atoms with van der Waals surface area (Å²) in [6.07, 6.45) is 6.04. The monoisotopic (exact) mass is 500 g/mol. The van der Waals surface area contributed by atoms with E-state index in [2.05, 4.69) is 15.7 Å². The summed E-state index contributed by atoms with van der Waals surface area (Å²) in [7, 11) is 3.23. The zero-order valence-corrected chi connectivity index (χ0v) is 20.9. The minimum atomic E-state index is -0.401. The molecule has 0 atom stereocenters. The highest BCUT2D eigenvalue weighted by Crippen LogP contribution is 2.23. The van der Waals surface area contributed by atoms with Crippen LogP contribution < -0.4 is 20.1 Å². The Hall–Kier alpha value is -4.79. The molecule has 190 valence electrons. The van der Waals surface area contributed by atoms with Crippen LogP contribution in [-0.4, -0.2) is 28.7 Å². The Morgan fingerprint density at radius 3 is 2.76 bits per heavy atom. The smallest absolute Gasteiger partial charge is 0.272 e. The molecular weight excluding hydrogens is 472 g/mol. The molecule has 9 nitrogen and oxygen atoms in total. The molecule has 2 amide bonds. The number of ether oxygens (including phenoxy) is 2. The lowest BCUT2D eigenvalue weighted by molar-refractivity contribution is -0.111. The lowest BCUT2D eigenvalue weighted by atomic mass is 10.1. The van der Waals surface area contributed by atoms with E-state index in [4.69, 9.17) is 13.9 Å². The van der Waals surface area contributed by atoms with Crippen molar-refractivity contribution in [2.24, 2.45) is 7.05 Å². The second kappa shape index (κ2) is 11.8. The summed E-state index contributed by atoms with van der Waals surface area (Å²) in [6, 6.07) is 16.9. The summed E-state index contributed by atoms with van der Waals surface area (Å²) in [6.45, 7) is 2.54. The lowest BCUT2D eigenvalue weighted by Crippen LogP contribution is -2.26. The first kappa shape index (κ1) is 25.3. The van der Waals surface area contributed by atoms with Crippen LogP contribution in [0.2, 0.25) is 0 Å². The molecule has 2 heterocycles. The summed E-state index contributed by atoms with van der Waals surface area (Å²) in [5.41, 5.74) is 3.28. The van der Waals surface area contributed by atoms with Gasteiger partial charge in [0.05, 0.1) is 31.8 Å². The molecule has 0 saturated carbocycles. The molecule has 0 aliphatic heterocycles. The third-order valence-electron chi connectivity index (χ3n) is 5.53. The number of aromatic nitrogens is 2. The van der Waals surface area contributed by atoms with Crippen LogP contribution in [0.1, 0.15) is 32.9 Å². The van der Waals surface area contributed by atoms with Gasteiger partial charge in [0.1, 0.15) is 29.6 Å². The first-order chi connectivity index (χ1) is 17.9. The number of nitrogens with zero attached hydrogens (tertiary/aromatic N) is 2.